The van der Waals surface area contributed by atoms with E-state index in [1.165, 1.54) is 12.1 Å². The molecule has 1 aliphatic heterocycles. The van der Waals surface area contributed by atoms with E-state index in [1.807, 2.05) is 0 Å². The number of hydrogen-bond acceptors (Lipinski definition) is 3. The summed E-state index contributed by atoms with van der Waals surface area (Å²) in [4.78, 5) is 12.1. The van der Waals surface area contributed by atoms with Crippen molar-refractivity contribution in [2.75, 3.05) is 13.2 Å². The Balaban J connectivity index is 2.13. The van der Waals surface area contributed by atoms with E-state index in [0.717, 1.165) is 5.56 Å². The number of rotatable bonds is 3. The minimum Gasteiger partial charge on any atom is -0.379 e. The second kappa shape index (κ2) is 4.84. The van der Waals surface area contributed by atoms with E-state index in [9.17, 15) is 9.18 Å². The molecule has 1 atom stereocenters. The second-order valence-electron chi connectivity index (χ2n) is 4.29. The molecule has 2 N–H and O–H groups in total. The highest BCUT2D eigenvalue weighted by atomic mass is 79.9. The molecule has 1 aromatic carbocycles. The SMILES string of the molecule is NC1(C(=O)Cc2ccc(F)cc2Br)CCOC1. The van der Waals surface area contributed by atoms with Crippen molar-refractivity contribution in [3.8, 4) is 0 Å². The zero-order valence-corrected chi connectivity index (χ0v) is 10.8. The lowest BCUT2D eigenvalue weighted by Gasteiger charge is -2.20. The number of ether oxygens (including phenoxy) is 1. The molecule has 1 fully saturated rings. The predicted molar refractivity (Wildman–Crippen MR) is 65.2 cm³/mol. The highest BCUT2D eigenvalue weighted by Gasteiger charge is 2.37. The van der Waals surface area contributed by atoms with Gasteiger partial charge in [0.1, 0.15) is 11.4 Å². The Hall–Kier alpha value is -0.780. The maximum absolute atomic E-state index is 12.9. The lowest BCUT2D eigenvalue weighted by Crippen LogP contribution is -2.49. The molecule has 0 aromatic heterocycles. The van der Waals surface area contributed by atoms with Gasteiger partial charge in [-0.3, -0.25) is 4.79 Å². The third-order valence-corrected chi connectivity index (χ3v) is 3.71. The van der Waals surface area contributed by atoms with Gasteiger partial charge in [0, 0.05) is 17.5 Å². The fourth-order valence-corrected chi connectivity index (χ4v) is 2.31. The lowest BCUT2D eigenvalue weighted by molar-refractivity contribution is -0.123. The number of carbonyl (C=O) groups is 1. The molecular formula is C12H13BrFNO2. The van der Waals surface area contributed by atoms with Crippen LogP contribution in [0.5, 0.6) is 0 Å². The summed E-state index contributed by atoms with van der Waals surface area (Å²) in [6.07, 6.45) is 0.741. The Morgan fingerprint density at radius 2 is 2.35 bits per heavy atom. The third-order valence-electron chi connectivity index (χ3n) is 2.97. The van der Waals surface area contributed by atoms with E-state index < -0.39 is 5.54 Å². The largest absolute Gasteiger partial charge is 0.379 e. The van der Waals surface area contributed by atoms with E-state index >= 15 is 0 Å². The smallest absolute Gasteiger partial charge is 0.159 e. The quantitative estimate of drug-likeness (QED) is 0.926. The maximum Gasteiger partial charge on any atom is 0.159 e. The highest BCUT2D eigenvalue weighted by Crippen LogP contribution is 2.23. The van der Waals surface area contributed by atoms with Gasteiger partial charge in [0.2, 0.25) is 0 Å². The molecule has 17 heavy (non-hydrogen) atoms. The molecule has 0 spiro atoms. The summed E-state index contributed by atoms with van der Waals surface area (Å²) in [6, 6.07) is 4.27. The molecule has 1 aliphatic rings. The van der Waals surface area contributed by atoms with E-state index in [2.05, 4.69) is 15.9 Å². The molecule has 0 amide bonds. The Morgan fingerprint density at radius 3 is 2.94 bits per heavy atom. The van der Waals surface area contributed by atoms with Crippen LogP contribution in [0, 0.1) is 5.82 Å². The zero-order valence-electron chi connectivity index (χ0n) is 9.21. The summed E-state index contributed by atoms with van der Waals surface area (Å²) in [7, 11) is 0. The van der Waals surface area contributed by atoms with Gasteiger partial charge in [0.05, 0.1) is 6.61 Å². The van der Waals surface area contributed by atoms with Gasteiger partial charge in [-0.05, 0) is 24.1 Å². The molecule has 0 radical (unpaired) electrons. The van der Waals surface area contributed by atoms with E-state index in [4.69, 9.17) is 10.5 Å². The van der Waals surface area contributed by atoms with Crippen molar-refractivity contribution in [2.45, 2.75) is 18.4 Å². The van der Waals surface area contributed by atoms with Crippen LogP contribution in [0.2, 0.25) is 0 Å². The number of halogens is 2. The Morgan fingerprint density at radius 1 is 1.59 bits per heavy atom. The van der Waals surface area contributed by atoms with Gasteiger partial charge in [0.25, 0.3) is 0 Å². The molecule has 92 valence electrons. The van der Waals surface area contributed by atoms with Gasteiger partial charge in [-0.2, -0.15) is 0 Å². The summed E-state index contributed by atoms with van der Waals surface area (Å²) >= 11 is 3.24. The van der Waals surface area contributed by atoms with Crippen LogP contribution in [-0.2, 0) is 16.0 Å². The number of ketones is 1. The second-order valence-corrected chi connectivity index (χ2v) is 5.15. The summed E-state index contributed by atoms with van der Waals surface area (Å²) < 4.78 is 18.6. The van der Waals surface area contributed by atoms with Gasteiger partial charge in [0.15, 0.2) is 5.78 Å². The van der Waals surface area contributed by atoms with Crippen LogP contribution in [0.15, 0.2) is 22.7 Å². The standard InChI is InChI=1S/C12H13BrFNO2/c13-10-6-9(14)2-1-8(10)5-11(16)12(15)3-4-17-7-12/h1-2,6H,3-5,7,15H2. The monoisotopic (exact) mass is 301 g/mol. The van der Waals surface area contributed by atoms with E-state index in [-0.39, 0.29) is 24.6 Å². The number of benzene rings is 1. The first kappa shape index (κ1) is 12.7. The molecule has 1 saturated heterocycles. The predicted octanol–water partition coefficient (Wildman–Crippen LogP) is 1.82. The molecule has 0 saturated carbocycles. The molecule has 0 aliphatic carbocycles. The number of Topliss-reactive ketones (excluding diaryl/α,β-unsaturated/α-hetero) is 1. The van der Waals surface area contributed by atoms with Crippen LogP contribution in [0.3, 0.4) is 0 Å². The van der Waals surface area contributed by atoms with Crippen molar-refractivity contribution in [1.29, 1.82) is 0 Å². The summed E-state index contributed by atoms with van der Waals surface area (Å²) in [6.45, 7) is 0.789. The molecule has 2 rings (SSSR count). The lowest BCUT2D eigenvalue weighted by atomic mass is 9.90. The van der Waals surface area contributed by atoms with Crippen LogP contribution in [0.4, 0.5) is 4.39 Å². The van der Waals surface area contributed by atoms with Crippen LogP contribution in [-0.4, -0.2) is 24.5 Å². The third kappa shape index (κ3) is 2.73. The van der Waals surface area contributed by atoms with E-state index in [1.54, 1.807) is 6.07 Å². The van der Waals surface area contributed by atoms with Crippen LogP contribution >= 0.6 is 15.9 Å². The molecule has 5 heteroatoms. The van der Waals surface area contributed by atoms with Crippen molar-refractivity contribution < 1.29 is 13.9 Å². The number of hydrogen-bond donors (Lipinski definition) is 1. The molecular weight excluding hydrogens is 289 g/mol. The average molecular weight is 302 g/mol. The topological polar surface area (TPSA) is 52.3 Å². The molecule has 1 unspecified atom stereocenters. The van der Waals surface area contributed by atoms with Crippen molar-refractivity contribution >= 4 is 21.7 Å². The summed E-state index contributed by atoms with van der Waals surface area (Å²) in [5.74, 6) is -0.401. The normalized spacial score (nSPS) is 23.9. The number of nitrogens with two attached hydrogens (primary N) is 1. The molecule has 3 nitrogen and oxygen atoms in total. The first-order valence-electron chi connectivity index (χ1n) is 5.35. The minimum absolute atomic E-state index is 0.0673. The van der Waals surface area contributed by atoms with Gasteiger partial charge < -0.3 is 10.5 Å². The average Bonchev–Trinajstić information content (AvgIpc) is 2.71. The van der Waals surface area contributed by atoms with Crippen LogP contribution in [0.1, 0.15) is 12.0 Å². The molecule has 0 bridgehead atoms. The van der Waals surface area contributed by atoms with Crippen LogP contribution < -0.4 is 5.73 Å². The fourth-order valence-electron chi connectivity index (χ4n) is 1.81. The van der Waals surface area contributed by atoms with Crippen molar-refractivity contribution in [3.63, 3.8) is 0 Å². The van der Waals surface area contributed by atoms with Crippen molar-refractivity contribution in [2.24, 2.45) is 5.73 Å². The Labute approximate surface area is 107 Å². The fraction of sp³-hybridized carbons (Fsp3) is 0.417. The van der Waals surface area contributed by atoms with Gasteiger partial charge in [-0.1, -0.05) is 22.0 Å². The first-order valence-corrected chi connectivity index (χ1v) is 6.14. The summed E-state index contributed by atoms with van der Waals surface area (Å²) in [5, 5.41) is 0. The maximum atomic E-state index is 12.9. The molecule has 1 aromatic rings. The summed E-state index contributed by atoms with van der Waals surface area (Å²) in [5.41, 5.74) is 5.83. The van der Waals surface area contributed by atoms with Gasteiger partial charge in [-0.25, -0.2) is 4.39 Å². The van der Waals surface area contributed by atoms with Crippen molar-refractivity contribution in [1.82, 2.24) is 0 Å². The number of carbonyl (C=O) groups excluding carboxylic acids is 1. The van der Waals surface area contributed by atoms with Crippen LogP contribution in [0.25, 0.3) is 0 Å². The zero-order chi connectivity index (χ0) is 12.5. The minimum atomic E-state index is -0.881. The van der Waals surface area contributed by atoms with Crippen molar-refractivity contribution in [3.05, 3.63) is 34.1 Å². The van der Waals surface area contributed by atoms with E-state index in [0.29, 0.717) is 17.5 Å². The molecule has 1 heterocycles. The Kier molecular flexibility index (Phi) is 3.61. The highest BCUT2D eigenvalue weighted by molar-refractivity contribution is 9.10. The van der Waals surface area contributed by atoms with Gasteiger partial charge >= 0.3 is 0 Å². The Bertz CT molecular complexity index is 444. The van der Waals surface area contributed by atoms with Gasteiger partial charge in [-0.15, -0.1) is 0 Å². The first-order chi connectivity index (χ1) is 8.01.